The molecule has 0 amide bonds. The van der Waals surface area contributed by atoms with Gasteiger partial charge in [-0.3, -0.25) is 0 Å². The van der Waals surface area contributed by atoms with Crippen LogP contribution in [-0.2, 0) is 0 Å². The summed E-state index contributed by atoms with van der Waals surface area (Å²) in [4.78, 5) is 0. The Morgan fingerprint density at radius 1 is 1.08 bits per heavy atom. The summed E-state index contributed by atoms with van der Waals surface area (Å²) in [6.07, 6.45) is 4.21. The Morgan fingerprint density at radius 2 is 1.83 bits per heavy atom. The molecule has 2 saturated heterocycles. The quantitative estimate of drug-likeness (QED) is 0.680. The molecule has 1 N–H and O–H groups in total. The molecule has 2 aliphatic rings. The summed E-state index contributed by atoms with van der Waals surface area (Å²) >= 11 is 4.37. The Morgan fingerprint density at radius 3 is 2.42 bits per heavy atom. The number of rotatable bonds is 0. The Bertz CT molecular complexity index is 112. The van der Waals surface area contributed by atoms with Gasteiger partial charge in [0.1, 0.15) is 0 Å². The van der Waals surface area contributed by atoms with Crippen molar-refractivity contribution in [2.24, 2.45) is 0 Å². The lowest BCUT2D eigenvalue weighted by Gasteiger charge is -2.39. The van der Waals surface area contributed by atoms with E-state index >= 15 is 0 Å². The molecular weight excluding hydrogens is 210 g/mol. The molecule has 2 rings (SSSR count). The van der Waals surface area contributed by atoms with E-state index in [1.165, 1.54) is 43.9 Å². The van der Waals surface area contributed by atoms with Gasteiger partial charge >= 0.3 is 0 Å². The molecule has 2 aliphatic heterocycles. The first kappa shape index (κ1) is 11.0. The number of thioether (sulfide) groups is 2. The van der Waals surface area contributed by atoms with Crippen molar-refractivity contribution >= 4 is 35.9 Å². The maximum Gasteiger partial charge on any atom is 0.0735 e. The molecule has 12 heavy (non-hydrogen) atoms. The zero-order valence-corrected chi connectivity index (χ0v) is 9.62. The summed E-state index contributed by atoms with van der Waals surface area (Å²) in [5.41, 5.74) is 0. The van der Waals surface area contributed by atoms with Gasteiger partial charge in [0.2, 0.25) is 0 Å². The summed E-state index contributed by atoms with van der Waals surface area (Å²) in [5.74, 6) is 2.77. The van der Waals surface area contributed by atoms with Crippen molar-refractivity contribution in [1.29, 1.82) is 0 Å². The maximum atomic E-state index is 3.50. The molecule has 72 valence electrons. The molecule has 2 fully saturated rings. The standard InChI is InChI=1S/C8H15NS2.ClH/c1-3-8(7-9-4-1)10-5-2-6-11-8;/h9H,1-7H2;1H. The van der Waals surface area contributed by atoms with Crippen LogP contribution in [-0.4, -0.2) is 28.7 Å². The van der Waals surface area contributed by atoms with E-state index in [4.69, 9.17) is 0 Å². The van der Waals surface area contributed by atoms with E-state index in [1.807, 2.05) is 0 Å². The van der Waals surface area contributed by atoms with Crippen LogP contribution >= 0.6 is 35.9 Å². The van der Waals surface area contributed by atoms with Crippen LogP contribution in [0.15, 0.2) is 0 Å². The Labute approximate surface area is 89.2 Å². The first-order chi connectivity index (χ1) is 5.41. The van der Waals surface area contributed by atoms with Gasteiger partial charge in [-0.05, 0) is 37.3 Å². The lowest BCUT2D eigenvalue weighted by atomic mass is 10.1. The summed E-state index contributed by atoms with van der Waals surface area (Å²) < 4.78 is 0.580. The van der Waals surface area contributed by atoms with Gasteiger partial charge in [-0.2, -0.15) is 0 Å². The van der Waals surface area contributed by atoms with Gasteiger partial charge < -0.3 is 5.32 Å². The minimum Gasteiger partial charge on any atom is -0.315 e. The third-order valence-electron chi connectivity index (χ3n) is 2.32. The van der Waals surface area contributed by atoms with Crippen LogP contribution in [0, 0.1) is 0 Å². The lowest BCUT2D eigenvalue weighted by molar-refractivity contribution is 0.505. The van der Waals surface area contributed by atoms with E-state index in [0.717, 1.165) is 0 Å². The molecule has 0 aromatic carbocycles. The molecule has 0 radical (unpaired) electrons. The Kier molecular flexibility index (Phi) is 4.58. The molecular formula is C8H16ClNS2. The van der Waals surface area contributed by atoms with Crippen molar-refractivity contribution < 1.29 is 0 Å². The molecule has 0 unspecified atom stereocenters. The molecule has 2 heterocycles. The highest BCUT2D eigenvalue weighted by Crippen LogP contribution is 2.45. The van der Waals surface area contributed by atoms with Gasteiger partial charge in [0.15, 0.2) is 0 Å². The summed E-state index contributed by atoms with van der Waals surface area (Å²) in [6.45, 7) is 2.48. The highest BCUT2D eigenvalue weighted by molar-refractivity contribution is 8.18. The molecule has 0 bridgehead atoms. The number of piperidine rings is 1. The SMILES string of the molecule is C1CSC2(CCCNC2)SC1.Cl. The van der Waals surface area contributed by atoms with Crippen molar-refractivity contribution in [3.8, 4) is 0 Å². The normalized spacial score (nSPS) is 28.0. The van der Waals surface area contributed by atoms with Crippen LogP contribution in [0.1, 0.15) is 19.3 Å². The molecule has 0 aromatic heterocycles. The Hall–Kier alpha value is 0.950. The maximum absolute atomic E-state index is 3.50. The van der Waals surface area contributed by atoms with E-state index in [0.29, 0.717) is 4.08 Å². The van der Waals surface area contributed by atoms with Crippen LogP contribution in [0.3, 0.4) is 0 Å². The number of nitrogens with one attached hydrogen (secondary N) is 1. The van der Waals surface area contributed by atoms with E-state index in [9.17, 15) is 0 Å². The molecule has 0 atom stereocenters. The van der Waals surface area contributed by atoms with E-state index < -0.39 is 0 Å². The van der Waals surface area contributed by atoms with Gasteiger partial charge in [-0.1, -0.05) is 0 Å². The zero-order valence-electron chi connectivity index (χ0n) is 7.17. The fourth-order valence-electron chi connectivity index (χ4n) is 1.71. The summed E-state index contributed by atoms with van der Waals surface area (Å²) in [7, 11) is 0. The van der Waals surface area contributed by atoms with Crippen LogP contribution < -0.4 is 5.32 Å². The molecule has 4 heteroatoms. The first-order valence-corrected chi connectivity index (χ1v) is 6.37. The van der Waals surface area contributed by atoms with Crippen LogP contribution in [0.2, 0.25) is 0 Å². The summed E-state index contributed by atoms with van der Waals surface area (Å²) in [6, 6.07) is 0. The Balaban J connectivity index is 0.000000720. The molecule has 0 saturated carbocycles. The van der Waals surface area contributed by atoms with Gasteiger partial charge in [0, 0.05) is 6.54 Å². The molecule has 0 aliphatic carbocycles. The molecule has 1 nitrogen and oxygen atoms in total. The monoisotopic (exact) mass is 225 g/mol. The van der Waals surface area contributed by atoms with Crippen LogP contribution in [0.5, 0.6) is 0 Å². The smallest absolute Gasteiger partial charge is 0.0735 e. The largest absolute Gasteiger partial charge is 0.315 e. The second kappa shape index (κ2) is 4.99. The minimum absolute atomic E-state index is 0. The first-order valence-electron chi connectivity index (χ1n) is 4.40. The molecule has 1 spiro atoms. The number of halogens is 1. The predicted molar refractivity (Wildman–Crippen MR) is 61.6 cm³/mol. The van der Waals surface area contributed by atoms with Crippen molar-refractivity contribution in [3.63, 3.8) is 0 Å². The second-order valence-electron chi connectivity index (χ2n) is 3.24. The summed E-state index contributed by atoms with van der Waals surface area (Å²) in [5, 5.41) is 3.50. The fourth-order valence-corrected chi connectivity index (χ4v) is 5.04. The van der Waals surface area contributed by atoms with E-state index in [2.05, 4.69) is 28.8 Å². The van der Waals surface area contributed by atoms with E-state index in [1.54, 1.807) is 0 Å². The minimum atomic E-state index is 0. The van der Waals surface area contributed by atoms with Crippen LogP contribution in [0.4, 0.5) is 0 Å². The van der Waals surface area contributed by atoms with E-state index in [-0.39, 0.29) is 12.4 Å². The topological polar surface area (TPSA) is 12.0 Å². The zero-order chi connectivity index (χ0) is 7.57. The van der Waals surface area contributed by atoms with Crippen molar-refractivity contribution in [3.05, 3.63) is 0 Å². The molecule has 0 aromatic rings. The third-order valence-corrected chi connectivity index (χ3v) is 5.77. The highest BCUT2D eigenvalue weighted by Gasteiger charge is 2.34. The van der Waals surface area contributed by atoms with Gasteiger partial charge in [0.05, 0.1) is 4.08 Å². The van der Waals surface area contributed by atoms with Gasteiger partial charge in [-0.25, -0.2) is 0 Å². The average Bonchev–Trinajstić information content (AvgIpc) is 2.07. The number of hydrogen-bond donors (Lipinski definition) is 1. The predicted octanol–water partition coefficient (Wildman–Crippen LogP) is 2.36. The van der Waals surface area contributed by atoms with Gasteiger partial charge in [-0.15, -0.1) is 35.9 Å². The fraction of sp³-hybridized carbons (Fsp3) is 1.00. The highest BCUT2D eigenvalue weighted by atomic mass is 35.5. The van der Waals surface area contributed by atoms with Crippen molar-refractivity contribution in [2.75, 3.05) is 24.6 Å². The third kappa shape index (κ3) is 2.47. The van der Waals surface area contributed by atoms with Crippen LogP contribution in [0.25, 0.3) is 0 Å². The second-order valence-corrected chi connectivity index (χ2v) is 6.46. The van der Waals surface area contributed by atoms with Crippen molar-refractivity contribution in [1.82, 2.24) is 5.32 Å². The lowest BCUT2D eigenvalue weighted by Crippen LogP contribution is -2.42. The average molecular weight is 226 g/mol. The number of hydrogen-bond acceptors (Lipinski definition) is 3. The van der Waals surface area contributed by atoms with Crippen molar-refractivity contribution in [2.45, 2.75) is 23.3 Å². The van der Waals surface area contributed by atoms with Gasteiger partial charge in [0.25, 0.3) is 0 Å².